The maximum atomic E-state index is 13.0. The Kier molecular flexibility index (Phi) is 5.11. The molecule has 1 aromatic carbocycles. The number of aromatic nitrogens is 1. The number of aliphatic hydroxyl groups is 1. The number of hydrogen-bond donors (Lipinski definition) is 3. The number of nitrogens with one attached hydrogen (secondary N) is 2. The molecule has 0 radical (unpaired) electrons. The Morgan fingerprint density at radius 1 is 1.33 bits per heavy atom. The number of aliphatic hydroxyl groups excluding tert-OH is 1. The average Bonchev–Trinajstić information content (AvgIpc) is 3.07. The van der Waals surface area contributed by atoms with Crippen LogP contribution in [0.3, 0.4) is 0 Å². The van der Waals surface area contributed by atoms with Crippen molar-refractivity contribution in [1.29, 1.82) is 0 Å². The Balaban J connectivity index is 1.47. The Hall–Kier alpha value is -3.13. The summed E-state index contributed by atoms with van der Waals surface area (Å²) in [6.07, 6.45) is 2.00. The van der Waals surface area contributed by atoms with E-state index in [1.807, 2.05) is 18.2 Å². The van der Waals surface area contributed by atoms with Crippen LogP contribution in [-0.4, -0.2) is 57.4 Å². The highest BCUT2D eigenvalue weighted by Gasteiger charge is 2.34. The third-order valence-electron chi connectivity index (χ3n) is 5.48. The van der Waals surface area contributed by atoms with E-state index in [9.17, 15) is 19.5 Å². The summed E-state index contributed by atoms with van der Waals surface area (Å²) >= 11 is 0. The lowest BCUT2D eigenvalue weighted by molar-refractivity contribution is -0.139. The van der Waals surface area contributed by atoms with Crippen LogP contribution in [0.4, 0.5) is 0 Å². The number of benzene rings is 1. The number of rotatable bonds is 4. The zero-order valence-corrected chi connectivity index (χ0v) is 17.0. The SMILES string of the molecule is CC1(C)CC(=O)C=C(C(=O)NC(CO)C(=O)N2CCc3c([nH]c4ccccc34)C2)O1. The van der Waals surface area contributed by atoms with Crippen LogP contribution in [0, 0.1) is 0 Å². The van der Waals surface area contributed by atoms with Crippen molar-refractivity contribution in [2.24, 2.45) is 0 Å². The third kappa shape index (κ3) is 3.82. The van der Waals surface area contributed by atoms with Gasteiger partial charge in [0.05, 0.1) is 13.2 Å². The van der Waals surface area contributed by atoms with Gasteiger partial charge in [0, 0.05) is 35.6 Å². The second-order valence-electron chi connectivity index (χ2n) is 8.36. The summed E-state index contributed by atoms with van der Waals surface area (Å²) in [7, 11) is 0. The van der Waals surface area contributed by atoms with Gasteiger partial charge in [0.15, 0.2) is 11.5 Å². The Morgan fingerprint density at radius 3 is 2.83 bits per heavy atom. The lowest BCUT2D eigenvalue weighted by atomic mass is 9.98. The molecule has 1 unspecified atom stereocenters. The van der Waals surface area contributed by atoms with E-state index in [0.717, 1.165) is 22.7 Å². The van der Waals surface area contributed by atoms with Gasteiger partial charge in [-0.05, 0) is 31.9 Å². The minimum absolute atomic E-state index is 0.140. The number of para-hydroxylation sites is 1. The first-order chi connectivity index (χ1) is 14.3. The first kappa shape index (κ1) is 20.2. The minimum Gasteiger partial charge on any atom is -0.482 e. The van der Waals surface area contributed by atoms with Crippen LogP contribution in [0.5, 0.6) is 0 Å². The number of nitrogens with zero attached hydrogens (tertiary/aromatic N) is 1. The van der Waals surface area contributed by atoms with Crippen molar-refractivity contribution in [2.75, 3.05) is 13.2 Å². The van der Waals surface area contributed by atoms with Crippen molar-refractivity contribution < 1.29 is 24.2 Å². The molecule has 0 fully saturated rings. The van der Waals surface area contributed by atoms with Crippen LogP contribution in [-0.2, 0) is 32.1 Å². The van der Waals surface area contributed by atoms with E-state index in [-0.39, 0.29) is 23.9 Å². The first-order valence-electron chi connectivity index (χ1n) is 10.00. The van der Waals surface area contributed by atoms with E-state index in [0.29, 0.717) is 19.5 Å². The summed E-state index contributed by atoms with van der Waals surface area (Å²) in [4.78, 5) is 42.4. The van der Waals surface area contributed by atoms with Gasteiger partial charge in [0.25, 0.3) is 5.91 Å². The van der Waals surface area contributed by atoms with Gasteiger partial charge in [-0.1, -0.05) is 18.2 Å². The normalized spacial score (nSPS) is 19.0. The van der Waals surface area contributed by atoms with Gasteiger partial charge in [-0.2, -0.15) is 0 Å². The third-order valence-corrected chi connectivity index (χ3v) is 5.48. The van der Waals surface area contributed by atoms with E-state index >= 15 is 0 Å². The summed E-state index contributed by atoms with van der Waals surface area (Å²) in [5.74, 6) is -1.42. The number of amides is 2. The molecule has 2 amide bonds. The van der Waals surface area contributed by atoms with Crippen LogP contribution >= 0.6 is 0 Å². The summed E-state index contributed by atoms with van der Waals surface area (Å²) < 4.78 is 5.57. The number of ether oxygens (including phenoxy) is 1. The van der Waals surface area contributed by atoms with Crippen molar-refractivity contribution in [3.8, 4) is 0 Å². The van der Waals surface area contributed by atoms with Crippen LogP contribution in [0.1, 0.15) is 31.5 Å². The molecule has 2 aromatic rings. The van der Waals surface area contributed by atoms with Crippen LogP contribution in [0.2, 0.25) is 0 Å². The molecule has 4 rings (SSSR count). The molecule has 0 saturated carbocycles. The van der Waals surface area contributed by atoms with Crippen molar-refractivity contribution in [2.45, 2.75) is 44.9 Å². The molecule has 2 aliphatic heterocycles. The predicted octanol–water partition coefficient (Wildman–Crippen LogP) is 1.18. The molecule has 0 aliphatic carbocycles. The maximum absolute atomic E-state index is 13.0. The number of carbonyl (C=O) groups excluding carboxylic acids is 3. The smallest absolute Gasteiger partial charge is 0.287 e. The number of ketones is 1. The van der Waals surface area contributed by atoms with Gasteiger partial charge in [0.2, 0.25) is 5.91 Å². The fourth-order valence-electron chi connectivity index (χ4n) is 4.11. The van der Waals surface area contributed by atoms with E-state index < -0.39 is 24.2 Å². The van der Waals surface area contributed by atoms with Gasteiger partial charge in [-0.15, -0.1) is 0 Å². The lowest BCUT2D eigenvalue weighted by Gasteiger charge is -2.32. The van der Waals surface area contributed by atoms with E-state index in [1.165, 1.54) is 5.56 Å². The van der Waals surface area contributed by atoms with Crippen LogP contribution < -0.4 is 5.32 Å². The molecular weight excluding hydrogens is 386 g/mol. The molecule has 3 N–H and O–H groups in total. The van der Waals surface area contributed by atoms with Crippen molar-refractivity contribution in [3.63, 3.8) is 0 Å². The van der Waals surface area contributed by atoms with Crippen LogP contribution in [0.25, 0.3) is 10.9 Å². The molecule has 3 heterocycles. The van der Waals surface area contributed by atoms with Gasteiger partial charge < -0.3 is 25.0 Å². The summed E-state index contributed by atoms with van der Waals surface area (Å²) in [5.41, 5.74) is 2.39. The molecule has 2 aliphatic rings. The quantitative estimate of drug-likeness (QED) is 0.700. The largest absolute Gasteiger partial charge is 0.482 e. The number of aromatic amines is 1. The molecule has 8 nitrogen and oxygen atoms in total. The number of carbonyl (C=O) groups is 3. The van der Waals surface area contributed by atoms with Gasteiger partial charge >= 0.3 is 0 Å². The molecule has 30 heavy (non-hydrogen) atoms. The van der Waals surface area contributed by atoms with Gasteiger partial charge in [-0.25, -0.2) is 0 Å². The molecule has 8 heteroatoms. The Bertz CT molecular complexity index is 1050. The van der Waals surface area contributed by atoms with E-state index in [4.69, 9.17) is 4.74 Å². The minimum atomic E-state index is -1.12. The molecule has 0 spiro atoms. The first-order valence-corrected chi connectivity index (χ1v) is 10.00. The second-order valence-corrected chi connectivity index (χ2v) is 8.36. The lowest BCUT2D eigenvalue weighted by Crippen LogP contribution is -2.52. The Labute approximate surface area is 173 Å². The molecule has 1 atom stereocenters. The van der Waals surface area contributed by atoms with Gasteiger partial charge in [0.1, 0.15) is 11.6 Å². The molecular formula is C22H25N3O5. The number of hydrogen-bond acceptors (Lipinski definition) is 5. The zero-order chi connectivity index (χ0) is 21.5. The van der Waals surface area contributed by atoms with E-state index in [2.05, 4.69) is 16.4 Å². The topological polar surface area (TPSA) is 112 Å². The van der Waals surface area contributed by atoms with Crippen molar-refractivity contribution in [1.82, 2.24) is 15.2 Å². The highest BCUT2D eigenvalue weighted by Crippen LogP contribution is 2.28. The average molecular weight is 411 g/mol. The van der Waals surface area contributed by atoms with Crippen molar-refractivity contribution >= 4 is 28.5 Å². The zero-order valence-electron chi connectivity index (χ0n) is 17.0. The van der Waals surface area contributed by atoms with Crippen LogP contribution in [0.15, 0.2) is 36.1 Å². The monoisotopic (exact) mass is 411 g/mol. The molecule has 0 saturated heterocycles. The standard InChI is InChI=1S/C22H25N3O5/c1-22(2)10-13(27)9-19(30-22)20(28)24-18(12-26)21(29)25-8-7-15-14-5-3-4-6-16(14)23-17(15)11-25/h3-6,9,18,23,26H,7-8,10-12H2,1-2H3,(H,24,28). The van der Waals surface area contributed by atoms with Gasteiger partial charge in [-0.3, -0.25) is 14.4 Å². The maximum Gasteiger partial charge on any atom is 0.287 e. The number of fused-ring (bicyclic) bond motifs is 3. The number of allylic oxidation sites excluding steroid dienone is 1. The highest BCUT2D eigenvalue weighted by atomic mass is 16.5. The second kappa shape index (κ2) is 7.60. The van der Waals surface area contributed by atoms with E-state index in [1.54, 1.807) is 18.7 Å². The molecule has 158 valence electrons. The highest BCUT2D eigenvalue weighted by molar-refractivity contribution is 6.03. The summed E-state index contributed by atoms with van der Waals surface area (Å²) in [6.45, 7) is 3.74. The van der Waals surface area contributed by atoms with Crippen molar-refractivity contribution in [3.05, 3.63) is 47.4 Å². The summed E-state index contributed by atoms with van der Waals surface area (Å²) in [6, 6.07) is 6.88. The molecule has 0 bridgehead atoms. The fraction of sp³-hybridized carbons (Fsp3) is 0.409. The number of H-pyrrole nitrogens is 1. The predicted molar refractivity (Wildman–Crippen MR) is 109 cm³/mol. The summed E-state index contributed by atoms with van der Waals surface area (Å²) in [5, 5.41) is 13.4. The Morgan fingerprint density at radius 2 is 2.10 bits per heavy atom. The molecule has 1 aromatic heterocycles. The fourth-order valence-corrected chi connectivity index (χ4v) is 4.11.